The molecule has 4 heterocycles. The predicted octanol–water partition coefficient (Wildman–Crippen LogP) is 2.93. The van der Waals surface area contributed by atoms with Gasteiger partial charge in [0.15, 0.2) is 0 Å². The number of nitrogens with zero attached hydrogens (tertiary/aromatic N) is 3. The number of benzene rings is 1. The molecule has 0 bridgehead atoms. The van der Waals surface area contributed by atoms with Crippen molar-refractivity contribution >= 4 is 15.8 Å². The van der Waals surface area contributed by atoms with Crippen LogP contribution >= 0.6 is 0 Å². The van der Waals surface area contributed by atoms with E-state index in [0.29, 0.717) is 38.5 Å². The van der Waals surface area contributed by atoms with Crippen LogP contribution in [0.2, 0.25) is 0 Å². The Morgan fingerprint density at radius 3 is 2.70 bits per heavy atom. The molecule has 2 saturated heterocycles. The molecule has 5 rings (SSSR count). The smallest absolute Gasteiger partial charge is 0.417 e. The van der Waals surface area contributed by atoms with Gasteiger partial charge in [-0.2, -0.15) is 17.5 Å². The van der Waals surface area contributed by atoms with Crippen molar-refractivity contribution in [1.82, 2.24) is 9.29 Å². The van der Waals surface area contributed by atoms with E-state index in [2.05, 4.69) is 4.98 Å². The molecule has 30 heavy (non-hydrogen) atoms. The van der Waals surface area contributed by atoms with Crippen LogP contribution in [0.25, 0.3) is 0 Å². The zero-order chi connectivity index (χ0) is 21.1. The summed E-state index contributed by atoms with van der Waals surface area (Å²) in [4.78, 5) is 6.09. The maximum atomic E-state index is 13.3. The Morgan fingerprint density at radius 1 is 1.13 bits per heavy atom. The van der Waals surface area contributed by atoms with Crippen molar-refractivity contribution in [3.8, 4) is 5.75 Å². The van der Waals surface area contributed by atoms with Gasteiger partial charge in [-0.3, -0.25) is 0 Å². The van der Waals surface area contributed by atoms with Crippen molar-refractivity contribution in [3.05, 3.63) is 47.7 Å². The fourth-order valence-corrected chi connectivity index (χ4v) is 6.35. The number of anilines is 1. The third kappa shape index (κ3) is 3.22. The monoisotopic (exact) mass is 439 g/mol. The summed E-state index contributed by atoms with van der Waals surface area (Å²) in [6.07, 6.45) is -2.20. The molecule has 10 heteroatoms. The maximum absolute atomic E-state index is 13.3. The Labute approximate surface area is 172 Å². The van der Waals surface area contributed by atoms with E-state index in [1.165, 1.54) is 6.07 Å². The molecule has 2 unspecified atom stereocenters. The Bertz CT molecular complexity index is 1070. The van der Waals surface area contributed by atoms with Crippen LogP contribution in [0, 0.1) is 5.92 Å². The van der Waals surface area contributed by atoms with Crippen LogP contribution in [0.3, 0.4) is 0 Å². The zero-order valence-electron chi connectivity index (χ0n) is 16.0. The fraction of sp³-hybridized carbons (Fsp3) is 0.450. The molecule has 0 amide bonds. The average Bonchev–Trinajstić information content (AvgIpc) is 3.41. The minimum Gasteiger partial charge on any atom is -0.493 e. The molecule has 0 spiro atoms. The first-order valence-corrected chi connectivity index (χ1v) is 11.2. The molecule has 3 aliphatic rings. The number of ether oxygens (including phenoxy) is 1. The van der Waals surface area contributed by atoms with E-state index in [0.717, 1.165) is 30.0 Å². The van der Waals surface area contributed by atoms with Crippen molar-refractivity contribution in [2.45, 2.75) is 30.0 Å². The van der Waals surface area contributed by atoms with Gasteiger partial charge in [-0.15, -0.1) is 0 Å². The van der Waals surface area contributed by atoms with Crippen LogP contribution in [0.15, 0.2) is 41.4 Å². The molecule has 2 aromatic rings. The number of aromatic nitrogens is 1. The quantitative estimate of drug-likeness (QED) is 0.736. The second kappa shape index (κ2) is 6.84. The summed E-state index contributed by atoms with van der Waals surface area (Å²) in [6, 6.07) is 7.12. The van der Waals surface area contributed by atoms with Crippen molar-refractivity contribution in [2.24, 2.45) is 5.92 Å². The van der Waals surface area contributed by atoms with Crippen molar-refractivity contribution in [1.29, 1.82) is 0 Å². The summed E-state index contributed by atoms with van der Waals surface area (Å²) in [5, 5.41) is 0. The molecule has 0 radical (unpaired) electrons. The second-order valence-electron chi connectivity index (χ2n) is 7.91. The topological polar surface area (TPSA) is 62.7 Å². The standard InChI is InChI=1S/C20H20F3N3O3S/c21-20(22,23)15-1-4-19(24-10-15)25-11-14-5-7-26(17(14)12-25)30(27,28)16-2-3-18-13(9-16)6-8-29-18/h1-4,9-10,14,17H,5-8,11-12H2. The predicted molar refractivity (Wildman–Crippen MR) is 103 cm³/mol. The van der Waals surface area contributed by atoms with E-state index in [4.69, 9.17) is 4.74 Å². The van der Waals surface area contributed by atoms with E-state index >= 15 is 0 Å². The molecule has 2 atom stereocenters. The van der Waals surface area contributed by atoms with E-state index in [1.807, 2.05) is 4.90 Å². The first kappa shape index (κ1) is 19.6. The van der Waals surface area contributed by atoms with Gasteiger partial charge in [0, 0.05) is 38.3 Å². The van der Waals surface area contributed by atoms with E-state index in [1.54, 1.807) is 22.5 Å². The first-order valence-electron chi connectivity index (χ1n) is 9.79. The molecule has 160 valence electrons. The van der Waals surface area contributed by atoms with Gasteiger partial charge in [0.2, 0.25) is 10.0 Å². The van der Waals surface area contributed by atoms with Gasteiger partial charge in [0.1, 0.15) is 11.6 Å². The number of hydrogen-bond acceptors (Lipinski definition) is 5. The molecule has 0 saturated carbocycles. The largest absolute Gasteiger partial charge is 0.493 e. The van der Waals surface area contributed by atoms with E-state index < -0.39 is 21.8 Å². The number of sulfonamides is 1. The number of alkyl halides is 3. The highest BCUT2D eigenvalue weighted by atomic mass is 32.2. The summed E-state index contributed by atoms with van der Waals surface area (Å²) in [5.41, 5.74) is 0.101. The third-order valence-electron chi connectivity index (χ3n) is 6.16. The number of pyridine rings is 1. The Balaban J connectivity index is 1.36. The number of fused-ring (bicyclic) bond motifs is 2. The molecular weight excluding hydrogens is 419 g/mol. The minimum atomic E-state index is -4.43. The van der Waals surface area contributed by atoms with Crippen LogP contribution < -0.4 is 9.64 Å². The van der Waals surface area contributed by atoms with Crippen LogP contribution in [0.5, 0.6) is 5.75 Å². The number of hydrogen-bond donors (Lipinski definition) is 0. The van der Waals surface area contributed by atoms with Crippen LogP contribution in [0.1, 0.15) is 17.5 Å². The fourth-order valence-electron chi connectivity index (χ4n) is 4.61. The molecule has 0 aliphatic carbocycles. The lowest BCUT2D eigenvalue weighted by Gasteiger charge is -2.25. The lowest BCUT2D eigenvalue weighted by Crippen LogP contribution is -2.39. The van der Waals surface area contributed by atoms with Gasteiger partial charge in [-0.1, -0.05) is 0 Å². The van der Waals surface area contributed by atoms with Crippen LogP contribution in [0.4, 0.5) is 19.0 Å². The molecule has 2 fully saturated rings. The van der Waals surface area contributed by atoms with Crippen molar-refractivity contribution in [2.75, 3.05) is 31.1 Å². The summed E-state index contributed by atoms with van der Waals surface area (Å²) >= 11 is 0. The summed E-state index contributed by atoms with van der Waals surface area (Å²) < 4.78 is 71.9. The Morgan fingerprint density at radius 2 is 1.97 bits per heavy atom. The lowest BCUT2D eigenvalue weighted by molar-refractivity contribution is -0.137. The highest BCUT2D eigenvalue weighted by Crippen LogP contribution is 2.38. The molecule has 3 aliphatic heterocycles. The molecule has 1 aromatic carbocycles. The Kier molecular flexibility index (Phi) is 4.48. The van der Waals surface area contributed by atoms with Gasteiger partial charge in [-0.05, 0) is 48.2 Å². The zero-order valence-corrected chi connectivity index (χ0v) is 16.8. The van der Waals surface area contributed by atoms with Crippen LogP contribution in [-0.4, -0.2) is 50.0 Å². The second-order valence-corrected chi connectivity index (χ2v) is 9.80. The molecule has 1 aromatic heterocycles. The molecular formula is C20H20F3N3O3S. The summed E-state index contributed by atoms with van der Waals surface area (Å²) in [7, 11) is -3.66. The molecule has 6 nitrogen and oxygen atoms in total. The van der Waals surface area contributed by atoms with Gasteiger partial charge in [-0.25, -0.2) is 13.4 Å². The van der Waals surface area contributed by atoms with E-state index in [9.17, 15) is 21.6 Å². The highest BCUT2D eigenvalue weighted by molar-refractivity contribution is 7.89. The van der Waals surface area contributed by atoms with Crippen molar-refractivity contribution < 1.29 is 26.3 Å². The van der Waals surface area contributed by atoms with Gasteiger partial charge >= 0.3 is 6.18 Å². The average molecular weight is 439 g/mol. The summed E-state index contributed by atoms with van der Waals surface area (Å²) in [6.45, 7) is 1.99. The van der Waals surface area contributed by atoms with E-state index in [-0.39, 0.29) is 16.9 Å². The lowest BCUT2D eigenvalue weighted by atomic mass is 10.1. The minimum absolute atomic E-state index is 0.127. The third-order valence-corrected chi connectivity index (χ3v) is 8.08. The van der Waals surface area contributed by atoms with Gasteiger partial charge < -0.3 is 9.64 Å². The van der Waals surface area contributed by atoms with Gasteiger partial charge in [0.05, 0.1) is 17.1 Å². The maximum Gasteiger partial charge on any atom is 0.417 e. The highest BCUT2D eigenvalue weighted by Gasteiger charge is 2.47. The SMILES string of the molecule is O=S(=O)(c1ccc2c(c1)CCO2)N1CCC2CN(c3ccc(C(F)(F)F)cn3)CC21. The number of rotatable bonds is 3. The Hall–Kier alpha value is -2.33. The normalized spacial score (nSPS) is 24.0. The first-order chi connectivity index (χ1) is 14.2. The van der Waals surface area contributed by atoms with Crippen LogP contribution in [-0.2, 0) is 22.6 Å². The van der Waals surface area contributed by atoms with Gasteiger partial charge in [0.25, 0.3) is 0 Å². The molecule has 0 N–H and O–H groups in total. The summed E-state index contributed by atoms with van der Waals surface area (Å²) in [5.74, 6) is 1.29. The van der Waals surface area contributed by atoms with Crippen molar-refractivity contribution in [3.63, 3.8) is 0 Å². The number of halogens is 3.